The lowest BCUT2D eigenvalue weighted by Crippen LogP contribution is -2.22. The van der Waals surface area contributed by atoms with Crippen molar-refractivity contribution in [2.24, 2.45) is 4.99 Å². The van der Waals surface area contributed by atoms with Crippen LogP contribution >= 0.6 is 27.3 Å². The van der Waals surface area contributed by atoms with Gasteiger partial charge in [-0.2, -0.15) is 4.99 Å². The Morgan fingerprint density at radius 1 is 1.38 bits per heavy atom. The number of furan rings is 1. The quantitative estimate of drug-likeness (QED) is 0.619. The number of carbonyl (C=O) groups is 2. The van der Waals surface area contributed by atoms with Gasteiger partial charge in [0.05, 0.1) is 17.3 Å². The zero-order valence-electron chi connectivity index (χ0n) is 12.3. The summed E-state index contributed by atoms with van der Waals surface area (Å²) in [4.78, 5) is 28.1. The monoisotopic (exact) mass is 412 g/mol. The molecule has 0 radical (unpaired) electrons. The third-order valence-electron chi connectivity index (χ3n) is 3.14. The van der Waals surface area contributed by atoms with Crippen molar-refractivity contribution >= 4 is 49.4 Å². The molecule has 24 heavy (non-hydrogen) atoms. The number of benzene rings is 1. The van der Waals surface area contributed by atoms with Crippen molar-refractivity contribution in [3.8, 4) is 0 Å². The van der Waals surface area contributed by atoms with E-state index in [1.54, 1.807) is 6.07 Å². The Morgan fingerprint density at radius 2 is 2.17 bits per heavy atom. The molecule has 0 saturated carbocycles. The van der Waals surface area contributed by atoms with Gasteiger partial charge in [0, 0.05) is 0 Å². The van der Waals surface area contributed by atoms with Gasteiger partial charge in [0.15, 0.2) is 15.2 Å². The molecule has 6 nitrogen and oxygen atoms in total. The van der Waals surface area contributed by atoms with Crippen LogP contribution in [0.5, 0.6) is 0 Å². The van der Waals surface area contributed by atoms with E-state index >= 15 is 0 Å². The number of ether oxygens (including phenoxy) is 1. The van der Waals surface area contributed by atoms with Crippen molar-refractivity contribution in [1.82, 2.24) is 4.57 Å². The maximum atomic E-state index is 13.4. The maximum absolute atomic E-state index is 13.4. The van der Waals surface area contributed by atoms with Gasteiger partial charge in [-0.1, -0.05) is 11.3 Å². The van der Waals surface area contributed by atoms with Crippen molar-refractivity contribution < 1.29 is 23.1 Å². The maximum Gasteiger partial charge on any atom is 0.325 e. The summed E-state index contributed by atoms with van der Waals surface area (Å²) in [6.07, 6.45) is 0. The van der Waals surface area contributed by atoms with E-state index in [9.17, 15) is 14.0 Å². The predicted octanol–water partition coefficient (Wildman–Crippen LogP) is 3.11. The number of methoxy groups -OCH3 is 1. The molecule has 0 N–H and O–H groups in total. The van der Waals surface area contributed by atoms with Gasteiger partial charge in [-0.3, -0.25) is 9.59 Å². The average Bonchev–Trinajstić information content (AvgIpc) is 3.11. The fourth-order valence-corrected chi connectivity index (χ4v) is 3.41. The van der Waals surface area contributed by atoms with Crippen molar-refractivity contribution in [1.29, 1.82) is 0 Å². The van der Waals surface area contributed by atoms with E-state index < -0.39 is 17.7 Å². The van der Waals surface area contributed by atoms with Gasteiger partial charge in [0.1, 0.15) is 12.4 Å². The number of rotatable bonds is 3. The summed E-state index contributed by atoms with van der Waals surface area (Å²) in [5.74, 6) is -1.48. The van der Waals surface area contributed by atoms with E-state index in [0.29, 0.717) is 14.9 Å². The highest BCUT2D eigenvalue weighted by Gasteiger charge is 2.14. The second-order valence-electron chi connectivity index (χ2n) is 4.68. The molecule has 3 aromatic rings. The molecule has 0 aliphatic carbocycles. The molecule has 0 spiro atoms. The first-order chi connectivity index (χ1) is 11.5. The molecule has 9 heteroatoms. The fourth-order valence-electron chi connectivity index (χ4n) is 2.05. The molecule has 0 fully saturated rings. The summed E-state index contributed by atoms with van der Waals surface area (Å²) in [5, 5.41) is 0. The van der Waals surface area contributed by atoms with Gasteiger partial charge in [-0.25, -0.2) is 4.39 Å². The molecule has 0 atom stereocenters. The highest BCUT2D eigenvalue weighted by atomic mass is 79.9. The number of halogens is 2. The summed E-state index contributed by atoms with van der Waals surface area (Å²) in [7, 11) is 1.26. The normalized spacial score (nSPS) is 11.9. The topological polar surface area (TPSA) is 73.8 Å². The van der Waals surface area contributed by atoms with Crippen LogP contribution in [0.3, 0.4) is 0 Å². The summed E-state index contributed by atoms with van der Waals surface area (Å²) < 4.78 is 25.7. The van der Waals surface area contributed by atoms with Crippen LogP contribution in [0.15, 0.2) is 44.4 Å². The molecule has 1 amide bonds. The first kappa shape index (κ1) is 16.6. The van der Waals surface area contributed by atoms with Crippen LogP contribution in [0.4, 0.5) is 4.39 Å². The zero-order chi connectivity index (χ0) is 17.3. The standard InChI is InChI=1S/C15H10BrFN2O4S/c1-22-13(20)7-19-9-3-2-8(17)6-11(9)24-15(19)18-14(21)10-4-5-12(16)23-10/h2-6H,7H2,1H3. The van der Waals surface area contributed by atoms with E-state index in [1.807, 2.05) is 0 Å². The molecule has 3 rings (SSSR count). The molecule has 0 aliphatic rings. The third kappa shape index (κ3) is 3.31. The van der Waals surface area contributed by atoms with Gasteiger partial charge in [-0.15, -0.1) is 0 Å². The predicted molar refractivity (Wildman–Crippen MR) is 88.1 cm³/mol. The summed E-state index contributed by atoms with van der Waals surface area (Å²) >= 11 is 4.21. The number of amides is 1. The summed E-state index contributed by atoms with van der Waals surface area (Å²) in [6.45, 7) is -0.143. The SMILES string of the molecule is COC(=O)Cn1c(=NC(=O)c2ccc(Br)o2)sc2cc(F)ccc21. The van der Waals surface area contributed by atoms with Crippen LogP contribution in [0.1, 0.15) is 10.6 Å². The van der Waals surface area contributed by atoms with E-state index in [0.717, 1.165) is 11.3 Å². The second kappa shape index (κ2) is 6.70. The molecular formula is C15H10BrFN2O4S. The van der Waals surface area contributed by atoms with Crippen LogP contribution in [-0.2, 0) is 16.1 Å². The van der Waals surface area contributed by atoms with Crippen LogP contribution in [0.25, 0.3) is 10.2 Å². The number of esters is 1. The van der Waals surface area contributed by atoms with Gasteiger partial charge in [0.25, 0.3) is 0 Å². The van der Waals surface area contributed by atoms with Crippen molar-refractivity contribution in [2.45, 2.75) is 6.54 Å². The minimum absolute atomic E-state index is 0.0510. The first-order valence-corrected chi connectivity index (χ1v) is 8.29. The van der Waals surface area contributed by atoms with Crippen molar-refractivity contribution in [3.05, 3.63) is 51.4 Å². The number of fused-ring (bicyclic) bond motifs is 1. The number of carbonyl (C=O) groups excluding carboxylic acids is 2. The highest BCUT2D eigenvalue weighted by molar-refractivity contribution is 9.10. The molecule has 2 aromatic heterocycles. The minimum atomic E-state index is -0.605. The van der Waals surface area contributed by atoms with Gasteiger partial charge < -0.3 is 13.7 Å². The van der Waals surface area contributed by atoms with Crippen LogP contribution in [0.2, 0.25) is 0 Å². The Bertz CT molecular complexity index is 1000. The van der Waals surface area contributed by atoms with Crippen LogP contribution in [-0.4, -0.2) is 23.6 Å². The molecule has 124 valence electrons. The molecule has 0 unspecified atom stereocenters. The van der Waals surface area contributed by atoms with Gasteiger partial charge in [0.2, 0.25) is 0 Å². The lowest BCUT2D eigenvalue weighted by Gasteiger charge is -2.03. The number of hydrogen-bond acceptors (Lipinski definition) is 5. The Hall–Kier alpha value is -2.26. The van der Waals surface area contributed by atoms with Crippen molar-refractivity contribution in [2.75, 3.05) is 7.11 Å². The van der Waals surface area contributed by atoms with E-state index in [-0.39, 0.29) is 17.1 Å². The molecule has 0 bridgehead atoms. The molecule has 0 aliphatic heterocycles. The molecule has 2 heterocycles. The van der Waals surface area contributed by atoms with E-state index in [2.05, 4.69) is 25.7 Å². The van der Waals surface area contributed by atoms with Crippen LogP contribution in [0, 0.1) is 5.82 Å². The highest BCUT2D eigenvalue weighted by Crippen LogP contribution is 2.19. The molecule has 0 saturated heterocycles. The van der Waals surface area contributed by atoms with E-state index in [1.165, 1.54) is 35.9 Å². The summed E-state index contributed by atoms with van der Waals surface area (Å²) in [5.41, 5.74) is 0.582. The van der Waals surface area contributed by atoms with Gasteiger partial charge >= 0.3 is 11.9 Å². The lowest BCUT2D eigenvalue weighted by atomic mass is 10.3. The molecular weight excluding hydrogens is 403 g/mol. The zero-order valence-corrected chi connectivity index (χ0v) is 14.7. The van der Waals surface area contributed by atoms with Gasteiger partial charge in [-0.05, 0) is 46.3 Å². The Kier molecular flexibility index (Phi) is 4.63. The second-order valence-corrected chi connectivity index (χ2v) is 6.47. The molecule has 1 aromatic carbocycles. The minimum Gasteiger partial charge on any atom is -0.468 e. The largest absolute Gasteiger partial charge is 0.468 e. The van der Waals surface area contributed by atoms with Crippen molar-refractivity contribution in [3.63, 3.8) is 0 Å². The Balaban J connectivity index is 2.14. The Labute approximate surface area is 147 Å². The number of aromatic nitrogens is 1. The number of nitrogens with zero attached hydrogens (tertiary/aromatic N) is 2. The Morgan fingerprint density at radius 3 is 2.83 bits per heavy atom. The fraction of sp³-hybridized carbons (Fsp3) is 0.133. The number of hydrogen-bond donors (Lipinski definition) is 0. The first-order valence-electron chi connectivity index (χ1n) is 6.68. The number of thiazole rings is 1. The lowest BCUT2D eigenvalue weighted by molar-refractivity contribution is -0.141. The van der Waals surface area contributed by atoms with Crippen LogP contribution < -0.4 is 4.80 Å². The van der Waals surface area contributed by atoms with E-state index in [4.69, 9.17) is 4.42 Å². The third-order valence-corrected chi connectivity index (χ3v) is 4.61. The summed E-state index contributed by atoms with van der Waals surface area (Å²) in [6, 6.07) is 7.18. The average molecular weight is 413 g/mol. The smallest absolute Gasteiger partial charge is 0.325 e.